The molecule has 2 aromatic rings. The number of hydrogen-bond donors (Lipinski definition) is 0. The lowest BCUT2D eigenvalue weighted by Gasteiger charge is -2.24. The zero-order valence-corrected chi connectivity index (χ0v) is 12.8. The smallest absolute Gasteiger partial charge is 0.255 e. The van der Waals surface area contributed by atoms with E-state index in [0.717, 1.165) is 54.5 Å². The second-order valence-corrected chi connectivity index (χ2v) is 6.53. The van der Waals surface area contributed by atoms with E-state index >= 15 is 0 Å². The Kier molecular flexibility index (Phi) is 3.83. The van der Waals surface area contributed by atoms with Crippen molar-refractivity contribution >= 4 is 17.5 Å². The van der Waals surface area contributed by atoms with Crippen LogP contribution < -0.4 is 5.56 Å². The average molecular weight is 292 g/mol. The Morgan fingerprint density at radius 2 is 2.15 bits per heavy atom. The molecule has 20 heavy (non-hydrogen) atoms. The van der Waals surface area contributed by atoms with E-state index in [1.54, 1.807) is 6.07 Å². The quantitative estimate of drug-likeness (QED) is 0.870. The fourth-order valence-electron chi connectivity index (χ4n) is 2.85. The van der Waals surface area contributed by atoms with Gasteiger partial charge in [0.1, 0.15) is 5.82 Å². The van der Waals surface area contributed by atoms with E-state index in [0.29, 0.717) is 0 Å². The van der Waals surface area contributed by atoms with Gasteiger partial charge in [0.25, 0.3) is 5.56 Å². The number of hydrogen-bond acceptors (Lipinski definition) is 4. The van der Waals surface area contributed by atoms with E-state index in [4.69, 9.17) is 0 Å². The summed E-state index contributed by atoms with van der Waals surface area (Å²) < 4.78 is 3.72. The van der Waals surface area contributed by atoms with E-state index in [1.165, 1.54) is 0 Å². The maximum absolute atomic E-state index is 12.5. The molecule has 2 aromatic heterocycles. The van der Waals surface area contributed by atoms with Crippen molar-refractivity contribution in [2.45, 2.75) is 45.6 Å². The largest absolute Gasteiger partial charge is 0.274 e. The number of aryl methyl sites for hydroxylation is 2. The first-order valence-corrected chi connectivity index (χ1v) is 8.41. The van der Waals surface area contributed by atoms with Gasteiger partial charge < -0.3 is 0 Å². The van der Waals surface area contributed by atoms with Crippen molar-refractivity contribution < 1.29 is 0 Å². The molecule has 0 saturated carbocycles. The summed E-state index contributed by atoms with van der Waals surface area (Å²) in [6.07, 6.45) is 3.94. The molecule has 108 valence electrons. The summed E-state index contributed by atoms with van der Waals surface area (Å²) in [5.74, 6) is 3.68. The summed E-state index contributed by atoms with van der Waals surface area (Å²) in [6.45, 7) is 3.99. The van der Waals surface area contributed by atoms with Crippen LogP contribution in [0.25, 0.3) is 5.78 Å². The van der Waals surface area contributed by atoms with Crippen molar-refractivity contribution in [1.29, 1.82) is 0 Å². The minimum absolute atomic E-state index is 0.0743. The lowest BCUT2D eigenvalue weighted by atomic mass is 10.1. The Balaban J connectivity index is 2.18. The number of aromatic nitrogens is 4. The molecule has 1 aliphatic rings. The highest BCUT2D eigenvalue weighted by Gasteiger charge is 2.21. The molecule has 0 unspecified atom stereocenters. The molecule has 6 heteroatoms. The molecule has 1 saturated heterocycles. The van der Waals surface area contributed by atoms with Crippen molar-refractivity contribution in [2.24, 2.45) is 0 Å². The minimum Gasteiger partial charge on any atom is -0.274 e. The summed E-state index contributed by atoms with van der Waals surface area (Å²) in [7, 11) is 0. The van der Waals surface area contributed by atoms with Crippen LogP contribution in [0.2, 0.25) is 0 Å². The third-order valence-electron chi connectivity index (χ3n) is 3.77. The molecule has 0 aromatic carbocycles. The predicted molar refractivity (Wildman–Crippen MR) is 81.6 cm³/mol. The van der Waals surface area contributed by atoms with Crippen LogP contribution in [-0.2, 0) is 6.42 Å². The van der Waals surface area contributed by atoms with Gasteiger partial charge in [0, 0.05) is 12.1 Å². The highest BCUT2D eigenvalue weighted by Crippen LogP contribution is 2.27. The van der Waals surface area contributed by atoms with Crippen molar-refractivity contribution in [3.8, 4) is 0 Å². The van der Waals surface area contributed by atoms with Gasteiger partial charge in [0.05, 0.1) is 5.69 Å². The van der Waals surface area contributed by atoms with Gasteiger partial charge in [-0.15, -0.1) is 0 Å². The zero-order valence-electron chi connectivity index (χ0n) is 12.0. The van der Waals surface area contributed by atoms with Gasteiger partial charge >= 0.3 is 0 Å². The first-order chi connectivity index (χ1) is 9.70. The van der Waals surface area contributed by atoms with Crippen molar-refractivity contribution in [3.63, 3.8) is 0 Å². The molecular formula is C14H20N4OS. The van der Waals surface area contributed by atoms with Gasteiger partial charge in [-0.1, -0.05) is 13.3 Å². The number of nitrogens with zero attached hydrogens (tertiary/aromatic N) is 4. The molecular weight excluding hydrogens is 272 g/mol. The molecule has 0 amide bonds. The van der Waals surface area contributed by atoms with Crippen LogP contribution in [0.5, 0.6) is 0 Å². The standard InChI is InChI=1S/C14H20N4OS/c1-3-4-12-9-13(19)17(11-5-7-20-8-6-11)14-15-10(2)16-18(12)14/h9,11H,3-8H2,1-2H3. The van der Waals surface area contributed by atoms with E-state index in [-0.39, 0.29) is 11.6 Å². The molecule has 1 aliphatic heterocycles. The summed E-state index contributed by atoms with van der Waals surface area (Å²) in [4.78, 5) is 17.0. The third kappa shape index (κ3) is 2.37. The molecule has 0 N–H and O–H groups in total. The topological polar surface area (TPSA) is 52.2 Å². The van der Waals surface area contributed by atoms with Crippen molar-refractivity contribution in [2.75, 3.05) is 11.5 Å². The monoisotopic (exact) mass is 292 g/mol. The van der Waals surface area contributed by atoms with E-state index in [2.05, 4.69) is 17.0 Å². The Bertz CT molecular complexity index is 670. The molecule has 1 fully saturated rings. The zero-order chi connectivity index (χ0) is 14.1. The normalized spacial score (nSPS) is 16.9. The van der Waals surface area contributed by atoms with E-state index in [9.17, 15) is 4.79 Å². The third-order valence-corrected chi connectivity index (χ3v) is 4.82. The summed E-state index contributed by atoms with van der Waals surface area (Å²) in [5, 5.41) is 4.47. The van der Waals surface area contributed by atoms with Gasteiger partial charge in [-0.25, -0.2) is 4.52 Å². The summed E-state index contributed by atoms with van der Waals surface area (Å²) >= 11 is 1.96. The van der Waals surface area contributed by atoms with Gasteiger partial charge in [-0.05, 0) is 37.7 Å². The van der Waals surface area contributed by atoms with Crippen LogP contribution in [0.4, 0.5) is 0 Å². The number of thioether (sulfide) groups is 1. The van der Waals surface area contributed by atoms with Gasteiger partial charge in [-0.3, -0.25) is 9.36 Å². The molecule has 0 bridgehead atoms. The van der Waals surface area contributed by atoms with Crippen molar-refractivity contribution in [1.82, 2.24) is 19.2 Å². The molecule has 3 heterocycles. The Labute approximate surface area is 122 Å². The lowest BCUT2D eigenvalue weighted by molar-refractivity contribution is 0.458. The first-order valence-electron chi connectivity index (χ1n) is 7.26. The lowest BCUT2D eigenvalue weighted by Crippen LogP contribution is -2.30. The van der Waals surface area contributed by atoms with Crippen LogP contribution >= 0.6 is 11.8 Å². The highest BCUT2D eigenvalue weighted by atomic mass is 32.2. The van der Waals surface area contributed by atoms with Gasteiger partial charge in [0.15, 0.2) is 0 Å². The van der Waals surface area contributed by atoms with Crippen LogP contribution in [0.3, 0.4) is 0 Å². The first kappa shape index (κ1) is 13.7. The Morgan fingerprint density at radius 1 is 1.40 bits per heavy atom. The van der Waals surface area contributed by atoms with E-state index in [1.807, 2.05) is 27.8 Å². The second kappa shape index (κ2) is 5.60. The minimum atomic E-state index is 0.0743. The van der Waals surface area contributed by atoms with Gasteiger partial charge in [-0.2, -0.15) is 21.8 Å². The van der Waals surface area contributed by atoms with Crippen LogP contribution in [-0.4, -0.2) is 30.7 Å². The van der Waals surface area contributed by atoms with Crippen LogP contribution in [0.1, 0.15) is 43.7 Å². The summed E-state index contributed by atoms with van der Waals surface area (Å²) in [6, 6.07) is 2.01. The Hall–Kier alpha value is -1.30. The maximum Gasteiger partial charge on any atom is 0.255 e. The average Bonchev–Trinajstić information content (AvgIpc) is 2.82. The summed E-state index contributed by atoms with van der Waals surface area (Å²) in [5.41, 5.74) is 1.04. The molecule has 3 rings (SSSR count). The molecule has 0 aliphatic carbocycles. The molecule has 0 radical (unpaired) electrons. The maximum atomic E-state index is 12.5. The highest BCUT2D eigenvalue weighted by molar-refractivity contribution is 7.99. The second-order valence-electron chi connectivity index (χ2n) is 5.31. The number of fused-ring (bicyclic) bond motifs is 1. The molecule has 5 nitrogen and oxygen atoms in total. The predicted octanol–water partition coefficient (Wildman–Crippen LogP) is 2.22. The van der Waals surface area contributed by atoms with Crippen LogP contribution in [0, 0.1) is 6.92 Å². The van der Waals surface area contributed by atoms with Crippen molar-refractivity contribution in [3.05, 3.63) is 27.9 Å². The fraction of sp³-hybridized carbons (Fsp3) is 0.643. The SMILES string of the molecule is CCCc1cc(=O)n(C2CCSCC2)c2nc(C)nn12. The molecule has 0 atom stereocenters. The van der Waals surface area contributed by atoms with Gasteiger partial charge in [0.2, 0.25) is 5.78 Å². The molecule has 0 spiro atoms. The number of rotatable bonds is 3. The van der Waals surface area contributed by atoms with Crippen LogP contribution in [0.15, 0.2) is 10.9 Å². The Morgan fingerprint density at radius 3 is 2.85 bits per heavy atom. The van der Waals surface area contributed by atoms with E-state index < -0.39 is 0 Å². The fourth-order valence-corrected chi connectivity index (χ4v) is 3.93.